The number of carbonyl (C=O) groups excluding carboxylic acids is 1. The summed E-state index contributed by atoms with van der Waals surface area (Å²) in [7, 11) is 1.57. The summed E-state index contributed by atoms with van der Waals surface area (Å²) in [6.45, 7) is 0.303. The molecule has 0 radical (unpaired) electrons. The van der Waals surface area contributed by atoms with Crippen LogP contribution >= 0.6 is 0 Å². The van der Waals surface area contributed by atoms with Gasteiger partial charge in [-0.15, -0.1) is 0 Å². The Balaban J connectivity index is 2.09. The van der Waals surface area contributed by atoms with Crippen molar-refractivity contribution in [2.24, 2.45) is 5.73 Å². The van der Waals surface area contributed by atoms with Crippen molar-refractivity contribution >= 4 is 11.6 Å². The molecule has 1 amide bonds. The van der Waals surface area contributed by atoms with E-state index in [0.29, 0.717) is 29.4 Å². The molecule has 2 rings (SSSR count). The Labute approximate surface area is 117 Å². The molecule has 0 spiro atoms. The fourth-order valence-electron chi connectivity index (χ4n) is 1.76. The fraction of sp³-hybridized carbons (Fsp3) is 0.133. The topological polar surface area (TPSA) is 87.6 Å². The first-order chi connectivity index (χ1) is 9.60. The number of anilines is 1. The molecule has 104 valence electrons. The summed E-state index contributed by atoms with van der Waals surface area (Å²) in [6, 6.07) is 12.2. The summed E-state index contributed by atoms with van der Waals surface area (Å²) in [5.74, 6) is 0.775. The lowest BCUT2D eigenvalue weighted by Crippen LogP contribution is -2.11. The third-order valence-electron chi connectivity index (χ3n) is 2.82. The molecular formula is C15H16N2O3. The highest BCUT2D eigenvalue weighted by molar-refractivity contribution is 5.92. The zero-order chi connectivity index (χ0) is 14.5. The molecule has 0 saturated carbocycles. The normalized spacial score (nSPS) is 10.1. The summed E-state index contributed by atoms with van der Waals surface area (Å²) in [4.78, 5) is 11.1. The van der Waals surface area contributed by atoms with Gasteiger partial charge in [-0.25, -0.2) is 0 Å². The van der Waals surface area contributed by atoms with E-state index in [1.807, 2.05) is 6.07 Å². The lowest BCUT2D eigenvalue weighted by atomic mass is 10.1. The second-order valence-electron chi connectivity index (χ2n) is 4.26. The van der Waals surface area contributed by atoms with Crippen molar-refractivity contribution in [1.82, 2.24) is 0 Å². The predicted molar refractivity (Wildman–Crippen MR) is 76.7 cm³/mol. The van der Waals surface area contributed by atoms with E-state index in [-0.39, 0.29) is 0 Å². The van der Waals surface area contributed by atoms with Crippen molar-refractivity contribution < 1.29 is 14.3 Å². The van der Waals surface area contributed by atoms with Gasteiger partial charge < -0.3 is 20.9 Å². The van der Waals surface area contributed by atoms with E-state index >= 15 is 0 Å². The van der Waals surface area contributed by atoms with Crippen LogP contribution in [0.25, 0.3) is 0 Å². The Morgan fingerprint density at radius 3 is 2.65 bits per heavy atom. The molecule has 0 fully saturated rings. The van der Waals surface area contributed by atoms with Crippen LogP contribution in [0.3, 0.4) is 0 Å². The van der Waals surface area contributed by atoms with Gasteiger partial charge in [0.25, 0.3) is 0 Å². The molecule has 5 heteroatoms. The number of benzene rings is 2. The molecule has 0 heterocycles. The molecule has 0 aromatic heterocycles. The van der Waals surface area contributed by atoms with Crippen LogP contribution in [0.4, 0.5) is 5.69 Å². The van der Waals surface area contributed by atoms with Gasteiger partial charge in [0.2, 0.25) is 5.91 Å². The van der Waals surface area contributed by atoms with Crippen LogP contribution in [-0.2, 0) is 6.61 Å². The Morgan fingerprint density at radius 1 is 1.20 bits per heavy atom. The number of rotatable bonds is 5. The molecular weight excluding hydrogens is 256 g/mol. The molecule has 0 unspecified atom stereocenters. The number of carbonyl (C=O) groups is 1. The molecule has 0 bridgehead atoms. The fourth-order valence-corrected chi connectivity index (χ4v) is 1.76. The van der Waals surface area contributed by atoms with Gasteiger partial charge in [0, 0.05) is 11.6 Å². The highest BCUT2D eigenvalue weighted by Crippen LogP contribution is 2.26. The molecule has 0 saturated heterocycles. The molecule has 2 aromatic rings. The predicted octanol–water partition coefficient (Wildman–Crippen LogP) is 1.96. The van der Waals surface area contributed by atoms with Gasteiger partial charge in [-0.05, 0) is 29.8 Å². The standard InChI is InChI=1S/C15H16N2O3/c1-19-12-5-6-14(13(16)8-12)20-9-10-3-2-4-11(7-10)15(17)18/h2-8H,9,16H2,1H3,(H2,17,18). The average molecular weight is 272 g/mol. The van der Waals surface area contributed by atoms with E-state index in [1.165, 1.54) is 0 Å². The third kappa shape index (κ3) is 3.20. The molecule has 2 aromatic carbocycles. The molecule has 4 N–H and O–H groups in total. The van der Waals surface area contributed by atoms with Crippen LogP contribution in [0, 0.1) is 0 Å². The van der Waals surface area contributed by atoms with E-state index in [2.05, 4.69) is 0 Å². The summed E-state index contributed by atoms with van der Waals surface area (Å²) < 4.78 is 10.7. The lowest BCUT2D eigenvalue weighted by molar-refractivity contribution is 0.1000. The van der Waals surface area contributed by atoms with Crippen molar-refractivity contribution in [3.8, 4) is 11.5 Å². The molecule has 5 nitrogen and oxygen atoms in total. The van der Waals surface area contributed by atoms with Crippen molar-refractivity contribution in [1.29, 1.82) is 0 Å². The second kappa shape index (κ2) is 5.97. The monoisotopic (exact) mass is 272 g/mol. The summed E-state index contributed by atoms with van der Waals surface area (Å²) >= 11 is 0. The Kier molecular flexibility index (Phi) is 4.10. The first-order valence-corrected chi connectivity index (χ1v) is 6.05. The van der Waals surface area contributed by atoms with Crippen LogP contribution in [0.2, 0.25) is 0 Å². The first kappa shape index (κ1) is 13.7. The number of nitrogens with two attached hydrogens (primary N) is 2. The van der Waals surface area contributed by atoms with E-state index < -0.39 is 5.91 Å². The number of hydrogen-bond donors (Lipinski definition) is 2. The third-order valence-corrected chi connectivity index (χ3v) is 2.82. The average Bonchev–Trinajstić information content (AvgIpc) is 2.46. The minimum Gasteiger partial charge on any atom is -0.497 e. The Hall–Kier alpha value is -2.69. The zero-order valence-corrected chi connectivity index (χ0v) is 11.1. The zero-order valence-electron chi connectivity index (χ0n) is 11.1. The van der Waals surface area contributed by atoms with E-state index in [1.54, 1.807) is 43.5 Å². The minimum atomic E-state index is -0.462. The van der Waals surface area contributed by atoms with Crippen LogP contribution < -0.4 is 20.9 Å². The number of hydrogen-bond acceptors (Lipinski definition) is 4. The molecule has 0 aliphatic carbocycles. The highest BCUT2D eigenvalue weighted by Gasteiger charge is 2.05. The smallest absolute Gasteiger partial charge is 0.248 e. The number of primary amides is 1. The summed E-state index contributed by atoms with van der Waals surface area (Å²) in [6.07, 6.45) is 0. The van der Waals surface area contributed by atoms with Crippen molar-refractivity contribution in [2.75, 3.05) is 12.8 Å². The second-order valence-corrected chi connectivity index (χ2v) is 4.26. The summed E-state index contributed by atoms with van der Waals surface area (Å²) in [5.41, 5.74) is 12.9. The molecule has 0 atom stereocenters. The number of nitrogen functional groups attached to an aromatic ring is 1. The minimum absolute atomic E-state index is 0.303. The summed E-state index contributed by atoms with van der Waals surface area (Å²) in [5, 5.41) is 0. The Bertz CT molecular complexity index is 626. The largest absolute Gasteiger partial charge is 0.497 e. The SMILES string of the molecule is COc1ccc(OCc2cccc(C(N)=O)c2)c(N)c1. The Morgan fingerprint density at radius 2 is 2.00 bits per heavy atom. The first-order valence-electron chi connectivity index (χ1n) is 6.05. The van der Waals surface area contributed by atoms with Crippen LogP contribution in [-0.4, -0.2) is 13.0 Å². The van der Waals surface area contributed by atoms with Gasteiger partial charge in [-0.3, -0.25) is 4.79 Å². The lowest BCUT2D eigenvalue weighted by Gasteiger charge is -2.10. The van der Waals surface area contributed by atoms with Crippen molar-refractivity contribution in [3.63, 3.8) is 0 Å². The van der Waals surface area contributed by atoms with Crippen molar-refractivity contribution in [3.05, 3.63) is 53.6 Å². The molecule has 0 aliphatic heterocycles. The van der Waals surface area contributed by atoms with Gasteiger partial charge in [0.15, 0.2) is 0 Å². The number of ether oxygens (including phenoxy) is 2. The van der Waals surface area contributed by atoms with Gasteiger partial charge in [-0.1, -0.05) is 12.1 Å². The highest BCUT2D eigenvalue weighted by atomic mass is 16.5. The maximum Gasteiger partial charge on any atom is 0.248 e. The van der Waals surface area contributed by atoms with Gasteiger partial charge >= 0.3 is 0 Å². The van der Waals surface area contributed by atoms with Crippen LogP contribution in [0.15, 0.2) is 42.5 Å². The van der Waals surface area contributed by atoms with E-state index in [4.69, 9.17) is 20.9 Å². The van der Waals surface area contributed by atoms with Crippen LogP contribution in [0.5, 0.6) is 11.5 Å². The quantitative estimate of drug-likeness (QED) is 0.814. The maximum absolute atomic E-state index is 11.1. The van der Waals surface area contributed by atoms with Crippen LogP contribution in [0.1, 0.15) is 15.9 Å². The van der Waals surface area contributed by atoms with Gasteiger partial charge in [0.05, 0.1) is 12.8 Å². The van der Waals surface area contributed by atoms with Gasteiger partial charge in [0.1, 0.15) is 18.1 Å². The molecule has 20 heavy (non-hydrogen) atoms. The number of methoxy groups -OCH3 is 1. The van der Waals surface area contributed by atoms with Gasteiger partial charge in [-0.2, -0.15) is 0 Å². The van der Waals surface area contributed by atoms with Crippen molar-refractivity contribution in [2.45, 2.75) is 6.61 Å². The molecule has 0 aliphatic rings. The number of amides is 1. The maximum atomic E-state index is 11.1. The van der Waals surface area contributed by atoms with E-state index in [0.717, 1.165) is 5.56 Å². The van der Waals surface area contributed by atoms with E-state index in [9.17, 15) is 4.79 Å².